The maximum atomic E-state index is 5.49. The van der Waals surface area contributed by atoms with E-state index in [1.54, 1.807) is 31.8 Å². The molecular weight excluding hydrogens is 218 g/mol. The molecule has 3 N–H and O–H groups in total. The molecule has 0 fully saturated rings. The molecule has 17 heavy (non-hydrogen) atoms. The summed E-state index contributed by atoms with van der Waals surface area (Å²) in [7, 11) is 1.59. The van der Waals surface area contributed by atoms with Crippen LogP contribution in [0.2, 0.25) is 0 Å². The highest BCUT2D eigenvalue weighted by Gasteiger charge is 1.98. The van der Waals surface area contributed by atoms with Gasteiger partial charge >= 0.3 is 0 Å². The SMILES string of the molecule is COc1ccc(CNc2ncc(N)cn2)cn1. The zero-order valence-corrected chi connectivity index (χ0v) is 9.42. The molecule has 0 aliphatic rings. The van der Waals surface area contributed by atoms with Crippen molar-refractivity contribution in [3.05, 3.63) is 36.3 Å². The van der Waals surface area contributed by atoms with Gasteiger partial charge in [0, 0.05) is 18.8 Å². The van der Waals surface area contributed by atoms with Gasteiger partial charge in [0.15, 0.2) is 0 Å². The van der Waals surface area contributed by atoms with Crippen LogP contribution in [0.1, 0.15) is 5.56 Å². The van der Waals surface area contributed by atoms with E-state index in [9.17, 15) is 0 Å². The molecule has 0 spiro atoms. The minimum atomic E-state index is 0.537. The van der Waals surface area contributed by atoms with E-state index in [-0.39, 0.29) is 0 Å². The van der Waals surface area contributed by atoms with E-state index in [2.05, 4.69) is 20.3 Å². The van der Waals surface area contributed by atoms with Crippen molar-refractivity contribution >= 4 is 11.6 Å². The fraction of sp³-hybridized carbons (Fsp3) is 0.182. The molecule has 0 aliphatic heterocycles. The second-order valence-electron chi connectivity index (χ2n) is 3.40. The highest BCUT2D eigenvalue weighted by atomic mass is 16.5. The summed E-state index contributed by atoms with van der Waals surface area (Å²) in [5.41, 5.74) is 7.05. The topological polar surface area (TPSA) is 86.0 Å². The van der Waals surface area contributed by atoms with Crippen LogP contribution in [0, 0.1) is 0 Å². The summed E-state index contributed by atoms with van der Waals surface area (Å²) in [6.07, 6.45) is 4.85. The summed E-state index contributed by atoms with van der Waals surface area (Å²) in [6.45, 7) is 0.598. The largest absolute Gasteiger partial charge is 0.481 e. The van der Waals surface area contributed by atoms with E-state index in [1.165, 1.54) is 0 Å². The maximum Gasteiger partial charge on any atom is 0.222 e. The van der Waals surface area contributed by atoms with Gasteiger partial charge in [-0.1, -0.05) is 6.07 Å². The number of nitrogens with one attached hydrogen (secondary N) is 1. The second-order valence-corrected chi connectivity index (χ2v) is 3.40. The summed E-state index contributed by atoms with van der Waals surface area (Å²) >= 11 is 0. The molecular formula is C11H13N5O. The van der Waals surface area contributed by atoms with Gasteiger partial charge in [0.25, 0.3) is 0 Å². The average Bonchev–Trinajstić information content (AvgIpc) is 2.39. The minimum Gasteiger partial charge on any atom is -0.481 e. The first-order chi connectivity index (χ1) is 8.28. The number of methoxy groups -OCH3 is 1. The van der Waals surface area contributed by atoms with Gasteiger partial charge in [0.1, 0.15) is 0 Å². The van der Waals surface area contributed by atoms with Gasteiger partial charge in [-0.2, -0.15) is 0 Å². The monoisotopic (exact) mass is 231 g/mol. The van der Waals surface area contributed by atoms with E-state index in [4.69, 9.17) is 10.5 Å². The van der Waals surface area contributed by atoms with Gasteiger partial charge in [0.05, 0.1) is 25.2 Å². The van der Waals surface area contributed by atoms with Crippen LogP contribution >= 0.6 is 0 Å². The molecule has 0 atom stereocenters. The van der Waals surface area contributed by atoms with Crippen LogP contribution in [0.4, 0.5) is 11.6 Å². The Bertz CT molecular complexity index is 468. The first kappa shape index (κ1) is 11.1. The summed E-state index contributed by atoms with van der Waals surface area (Å²) in [6, 6.07) is 3.73. The number of ether oxygens (including phenoxy) is 1. The maximum absolute atomic E-state index is 5.49. The van der Waals surface area contributed by atoms with Crippen molar-refractivity contribution in [1.82, 2.24) is 15.0 Å². The number of pyridine rings is 1. The Morgan fingerprint density at radius 3 is 2.53 bits per heavy atom. The summed E-state index contributed by atoms with van der Waals surface area (Å²) < 4.78 is 4.98. The zero-order valence-electron chi connectivity index (χ0n) is 9.42. The number of rotatable bonds is 4. The van der Waals surface area contributed by atoms with Crippen molar-refractivity contribution in [2.24, 2.45) is 0 Å². The summed E-state index contributed by atoms with van der Waals surface area (Å²) in [4.78, 5) is 12.2. The standard InChI is InChI=1S/C11H13N5O/c1-17-10-3-2-8(4-13-10)5-14-11-15-6-9(12)7-16-11/h2-4,6-7H,5,12H2,1H3,(H,14,15,16). The molecule has 2 aromatic heterocycles. The van der Waals surface area contributed by atoms with Gasteiger partial charge in [-0.25, -0.2) is 15.0 Å². The predicted octanol–water partition coefficient (Wildman–Crippen LogP) is 1.07. The van der Waals surface area contributed by atoms with Crippen molar-refractivity contribution in [2.45, 2.75) is 6.54 Å². The summed E-state index contributed by atoms with van der Waals surface area (Å²) in [5, 5.41) is 3.07. The molecule has 88 valence electrons. The van der Waals surface area contributed by atoms with Crippen molar-refractivity contribution in [3.8, 4) is 5.88 Å². The lowest BCUT2D eigenvalue weighted by Gasteiger charge is -2.05. The Hall–Kier alpha value is -2.37. The Kier molecular flexibility index (Phi) is 3.34. The van der Waals surface area contributed by atoms with Crippen LogP contribution in [-0.4, -0.2) is 22.1 Å². The lowest BCUT2D eigenvalue weighted by atomic mass is 10.3. The minimum absolute atomic E-state index is 0.537. The normalized spacial score (nSPS) is 9.94. The molecule has 2 aromatic rings. The molecule has 6 nitrogen and oxygen atoms in total. The number of aromatic nitrogens is 3. The molecule has 2 rings (SSSR count). The van der Waals surface area contributed by atoms with E-state index < -0.39 is 0 Å². The predicted molar refractivity (Wildman–Crippen MR) is 64.6 cm³/mol. The molecule has 2 heterocycles. The molecule has 0 saturated carbocycles. The molecule has 0 aromatic carbocycles. The molecule has 0 bridgehead atoms. The molecule has 0 aliphatic carbocycles. The average molecular weight is 231 g/mol. The number of nitrogens with zero attached hydrogens (tertiary/aromatic N) is 3. The van der Waals surface area contributed by atoms with E-state index in [0.29, 0.717) is 24.1 Å². The third kappa shape index (κ3) is 3.04. The van der Waals surface area contributed by atoms with Gasteiger partial charge < -0.3 is 15.8 Å². The second kappa shape index (κ2) is 5.11. The van der Waals surface area contributed by atoms with Crippen LogP contribution in [0.5, 0.6) is 5.88 Å². The molecule has 0 amide bonds. The summed E-state index contributed by atoms with van der Waals surface area (Å²) in [5.74, 6) is 1.13. The van der Waals surface area contributed by atoms with Gasteiger partial charge in [-0.3, -0.25) is 0 Å². The van der Waals surface area contributed by atoms with Crippen LogP contribution < -0.4 is 15.8 Å². The van der Waals surface area contributed by atoms with Crippen LogP contribution in [0.3, 0.4) is 0 Å². The fourth-order valence-corrected chi connectivity index (χ4v) is 1.25. The first-order valence-corrected chi connectivity index (χ1v) is 5.08. The van der Waals surface area contributed by atoms with Crippen molar-refractivity contribution in [1.29, 1.82) is 0 Å². The zero-order chi connectivity index (χ0) is 12.1. The number of nitrogen functional groups attached to an aromatic ring is 1. The van der Waals surface area contributed by atoms with E-state index in [1.807, 2.05) is 6.07 Å². The van der Waals surface area contributed by atoms with E-state index in [0.717, 1.165) is 5.56 Å². The fourth-order valence-electron chi connectivity index (χ4n) is 1.25. The molecule has 6 heteroatoms. The van der Waals surface area contributed by atoms with Crippen LogP contribution in [0.25, 0.3) is 0 Å². The smallest absolute Gasteiger partial charge is 0.222 e. The van der Waals surface area contributed by atoms with E-state index >= 15 is 0 Å². The molecule has 0 saturated heterocycles. The molecule has 0 radical (unpaired) electrons. The van der Waals surface area contributed by atoms with Crippen LogP contribution in [0.15, 0.2) is 30.7 Å². The highest BCUT2D eigenvalue weighted by Crippen LogP contribution is 2.08. The third-order valence-electron chi connectivity index (χ3n) is 2.13. The quantitative estimate of drug-likeness (QED) is 0.818. The van der Waals surface area contributed by atoms with Gasteiger partial charge in [0.2, 0.25) is 11.8 Å². The Balaban J connectivity index is 1.95. The number of hydrogen-bond donors (Lipinski definition) is 2. The first-order valence-electron chi connectivity index (χ1n) is 5.08. The number of anilines is 2. The highest BCUT2D eigenvalue weighted by molar-refractivity contribution is 5.36. The Morgan fingerprint density at radius 2 is 1.94 bits per heavy atom. The van der Waals surface area contributed by atoms with Crippen molar-refractivity contribution in [2.75, 3.05) is 18.2 Å². The number of hydrogen-bond acceptors (Lipinski definition) is 6. The van der Waals surface area contributed by atoms with Crippen molar-refractivity contribution < 1.29 is 4.74 Å². The van der Waals surface area contributed by atoms with Crippen molar-refractivity contribution in [3.63, 3.8) is 0 Å². The number of nitrogens with two attached hydrogens (primary N) is 1. The lowest BCUT2D eigenvalue weighted by molar-refractivity contribution is 0.397. The van der Waals surface area contributed by atoms with Gasteiger partial charge in [-0.05, 0) is 5.56 Å². The van der Waals surface area contributed by atoms with Crippen LogP contribution in [-0.2, 0) is 6.54 Å². The van der Waals surface area contributed by atoms with Gasteiger partial charge in [-0.15, -0.1) is 0 Å². The third-order valence-corrected chi connectivity index (χ3v) is 2.13. The Morgan fingerprint density at radius 1 is 1.18 bits per heavy atom. The molecule has 0 unspecified atom stereocenters. The lowest BCUT2D eigenvalue weighted by Crippen LogP contribution is -2.04. The Labute approximate surface area is 98.9 Å².